The lowest BCUT2D eigenvalue weighted by molar-refractivity contribution is -0.153. The third-order valence-corrected chi connectivity index (χ3v) is 4.93. The van der Waals surface area contributed by atoms with Crippen LogP contribution in [0.5, 0.6) is 0 Å². The monoisotopic (exact) mass is 303 g/mol. The van der Waals surface area contributed by atoms with Crippen LogP contribution in [0.2, 0.25) is 0 Å². The van der Waals surface area contributed by atoms with Crippen LogP contribution in [-0.4, -0.2) is 47.3 Å². The number of likely N-dealkylation sites (tertiary alicyclic amines) is 1. The third kappa shape index (κ3) is 3.50. The second-order valence-electron chi connectivity index (χ2n) is 6.72. The zero-order valence-electron chi connectivity index (χ0n) is 13.3. The topological polar surface area (TPSA) is 49.8 Å². The second-order valence-corrected chi connectivity index (χ2v) is 6.72. The normalized spacial score (nSPS) is 24.5. The molecule has 2 aliphatic heterocycles. The molecular weight excluding hydrogens is 278 g/mol. The number of ether oxygens (including phenoxy) is 1. The quantitative estimate of drug-likeness (QED) is 0.910. The summed E-state index contributed by atoms with van der Waals surface area (Å²) in [6.07, 6.45) is 3.35. The zero-order chi connectivity index (χ0) is 15.6. The minimum absolute atomic E-state index is 0.191. The van der Waals surface area contributed by atoms with Crippen LogP contribution in [0.25, 0.3) is 0 Å². The van der Waals surface area contributed by atoms with Gasteiger partial charge in [0, 0.05) is 26.1 Å². The lowest BCUT2D eigenvalue weighted by Gasteiger charge is -2.45. The Morgan fingerprint density at radius 1 is 1.41 bits per heavy atom. The molecule has 0 bridgehead atoms. The number of benzene rings is 1. The molecule has 0 aromatic heterocycles. The summed E-state index contributed by atoms with van der Waals surface area (Å²) < 4.78 is 5.94. The number of hydrogen-bond acceptors (Lipinski definition) is 3. The number of amides is 1. The first-order valence-corrected chi connectivity index (χ1v) is 8.22. The van der Waals surface area contributed by atoms with Crippen molar-refractivity contribution in [3.63, 3.8) is 0 Å². The van der Waals surface area contributed by atoms with Gasteiger partial charge in [0.1, 0.15) is 0 Å². The maximum atomic E-state index is 12.5. The summed E-state index contributed by atoms with van der Waals surface area (Å²) >= 11 is 0. The molecule has 1 amide bonds. The number of carbonyl (C=O) groups excluding carboxylic acids is 1. The fraction of sp³-hybridized carbons (Fsp3) is 0.611. The van der Waals surface area contributed by atoms with Crippen LogP contribution < -0.4 is 0 Å². The van der Waals surface area contributed by atoms with Crippen molar-refractivity contribution in [2.45, 2.75) is 50.7 Å². The average Bonchev–Trinajstić information content (AvgIpc) is 2.47. The second kappa shape index (κ2) is 6.39. The van der Waals surface area contributed by atoms with Gasteiger partial charge in [0.05, 0.1) is 18.1 Å². The molecule has 1 N–H and O–H groups in total. The number of carbonyl (C=O) groups is 1. The van der Waals surface area contributed by atoms with Crippen molar-refractivity contribution in [2.75, 3.05) is 19.7 Å². The molecule has 1 aromatic carbocycles. The Balaban J connectivity index is 1.55. The molecule has 4 nitrogen and oxygen atoms in total. The van der Waals surface area contributed by atoms with E-state index in [0.717, 1.165) is 37.9 Å². The first-order valence-electron chi connectivity index (χ1n) is 8.22. The fourth-order valence-electron chi connectivity index (χ4n) is 3.62. The molecule has 2 fully saturated rings. The largest absolute Gasteiger partial charge is 0.393 e. The summed E-state index contributed by atoms with van der Waals surface area (Å²) in [5, 5.41) is 9.86. The molecule has 0 saturated carbocycles. The molecule has 120 valence electrons. The zero-order valence-corrected chi connectivity index (χ0v) is 13.3. The Bertz CT molecular complexity index is 535. The van der Waals surface area contributed by atoms with Gasteiger partial charge in [0.2, 0.25) is 5.91 Å². The van der Waals surface area contributed by atoms with Crippen molar-refractivity contribution in [3.05, 3.63) is 35.4 Å². The Hall–Kier alpha value is -1.39. The SMILES string of the molecule is Cc1cccc(CC(=O)N2CCC3(CC2)CC(O)CCO3)c1. The van der Waals surface area contributed by atoms with Crippen LogP contribution in [0.3, 0.4) is 0 Å². The highest BCUT2D eigenvalue weighted by atomic mass is 16.5. The van der Waals surface area contributed by atoms with Gasteiger partial charge in [-0.3, -0.25) is 4.79 Å². The van der Waals surface area contributed by atoms with Crippen molar-refractivity contribution >= 4 is 5.91 Å². The van der Waals surface area contributed by atoms with Crippen molar-refractivity contribution in [1.82, 2.24) is 4.90 Å². The number of aliphatic hydroxyl groups is 1. The number of nitrogens with zero attached hydrogens (tertiary/aromatic N) is 1. The molecule has 22 heavy (non-hydrogen) atoms. The third-order valence-electron chi connectivity index (χ3n) is 4.93. The van der Waals surface area contributed by atoms with Gasteiger partial charge < -0.3 is 14.7 Å². The molecule has 1 aromatic rings. The highest BCUT2D eigenvalue weighted by molar-refractivity contribution is 5.79. The summed E-state index contributed by atoms with van der Waals surface area (Å²) in [5.41, 5.74) is 2.07. The molecule has 2 aliphatic rings. The molecule has 1 unspecified atom stereocenters. The van der Waals surface area contributed by atoms with Crippen LogP contribution in [0.15, 0.2) is 24.3 Å². The van der Waals surface area contributed by atoms with Gasteiger partial charge in [0.15, 0.2) is 0 Å². The van der Waals surface area contributed by atoms with E-state index in [0.29, 0.717) is 19.4 Å². The summed E-state index contributed by atoms with van der Waals surface area (Å²) in [6, 6.07) is 8.13. The number of piperidine rings is 1. The molecule has 0 radical (unpaired) electrons. The highest BCUT2D eigenvalue weighted by Gasteiger charge is 2.40. The van der Waals surface area contributed by atoms with E-state index in [2.05, 4.69) is 6.07 Å². The number of rotatable bonds is 2. The van der Waals surface area contributed by atoms with Crippen molar-refractivity contribution in [1.29, 1.82) is 0 Å². The summed E-state index contributed by atoms with van der Waals surface area (Å²) in [6.45, 7) is 4.15. The van der Waals surface area contributed by atoms with E-state index >= 15 is 0 Å². The van der Waals surface area contributed by atoms with E-state index in [4.69, 9.17) is 4.74 Å². The maximum Gasteiger partial charge on any atom is 0.226 e. The Labute approximate surface area is 132 Å². The minimum atomic E-state index is -0.247. The fourth-order valence-corrected chi connectivity index (χ4v) is 3.62. The Morgan fingerprint density at radius 2 is 2.18 bits per heavy atom. The first kappa shape index (κ1) is 15.5. The maximum absolute atomic E-state index is 12.5. The Morgan fingerprint density at radius 3 is 2.86 bits per heavy atom. The van der Waals surface area contributed by atoms with E-state index in [1.807, 2.05) is 30.0 Å². The number of hydrogen-bond donors (Lipinski definition) is 1. The molecular formula is C18H25NO3. The molecule has 3 rings (SSSR count). The van der Waals surface area contributed by atoms with E-state index in [9.17, 15) is 9.90 Å². The summed E-state index contributed by atoms with van der Waals surface area (Å²) in [7, 11) is 0. The van der Waals surface area contributed by atoms with E-state index in [1.54, 1.807) is 0 Å². The van der Waals surface area contributed by atoms with Crippen molar-refractivity contribution < 1.29 is 14.6 Å². The lowest BCUT2D eigenvalue weighted by Crippen LogP contribution is -2.51. The first-order chi connectivity index (χ1) is 10.6. The summed E-state index contributed by atoms with van der Waals surface area (Å²) in [5.74, 6) is 0.191. The number of aryl methyl sites for hydroxylation is 1. The predicted molar refractivity (Wildman–Crippen MR) is 84.6 cm³/mol. The van der Waals surface area contributed by atoms with Crippen molar-refractivity contribution in [2.24, 2.45) is 0 Å². The average molecular weight is 303 g/mol. The van der Waals surface area contributed by atoms with Gasteiger partial charge in [0.25, 0.3) is 0 Å². The van der Waals surface area contributed by atoms with Gasteiger partial charge in [-0.25, -0.2) is 0 Å². The Kier molecular flexibility index (Phi) is 4.50. The van der Waals surface area contributed by atoms with Crippen LogP contribution in [-0.2, 0) is 16.0 Å². The molecule has 2 saturated heterocycles. The molecule has 1 atom stereocenters. The predicted octanol–water partition coefficient (Wildman–Crippen LogP) is 2.07. The molecule has 0 aliphatic carbocycles. The van der Waals surface area contributed by atoms with Gasteiger partial charge in [-0.1, -0.05) is 29.8 Å². The van der Waals surface area contributed by atoms with Gasteiger partial charge >= 0.3 is 0 Å². The van der Waals surface area contributed by atoms with Crippen LogP contribution in [0.1, 0.15) is 36.8 Å². The van der Waals surface area contributed by atoms with Crippen LogP contribution >= 0.6 is 0 Å². The van der Waals surface area contributed by atoms with Crippen molar-refractivity contribution in [3.8, 4) is 0 Å². The smallest absolute Gasteiger partial charge is 0.226 e. The highest BCUT2D eigenvalue weighted by Crippen LogP contribution is 2.35. The van der Waals surface area contributed by atoms with Crippen LogP contribution in [0, 0.1) is 6.92 Å². The van der Waals surface area contributed by atoms with Gasteiger partial charge in [-0.05, 0) is 31.7 Å². The van der Waals surface area contributed by atoms with Gasteiger partial charge in [-0.15, -0.1) is 0 Å². The van der Waals surface area contributed by atoms with Crippen LogP contribution in [0.4, 0.5) is 0 Å². The van der Waals surface area contributed by atoms with E-state index < -0.39 is 0 Å². The molecule has 2 heterocycles. The minimum Gasteiger partial charge on any atom is -0.393 e. The van der Waals surface area contributed by atoms with Gasteiger partial charge in [-0.2, -0.15) is 0 Å². The van der Waals surface area contributed by atoms with E-state index in [-0.39, 0.29) is 17.6 Å². The number of aliphatic hydroxyl groups excluding tert-OH is 1. The lowest BCUT2D eigenvalue weighted by atomic mass is 9.83. The molecule has 1 spiro atoms. The summed E-state index contributed by atoms with van der Waals surface area (Å²) in [4.78, 5) is 14.4. The standard InChI is InChI=1S/C18H25NO3/c1-14-3-2-4-15(11-14)12-17(21)19-8-6-18(7-9-19)13-16(20)5-10-22-18/h2-4,11,16,20H,5-10,12-13H2,1H3. The molecule has 4 heteroatoms. The van der Waals surface area contributed by atoms with E-state index in [1.165, 1.54) is 5.56 Å².